The summed E-state index contributed by atoms with van der Waals surface area (Å²) in [7, 11) is 0. The second-order valence-electron chi connectivity index (χ2n) is 5.92. The predicted molar refractivity (Wildman–Crippen MR) is 82.6 cm³/mol. The molecule has 0 radical (unpaired) electrons. The van der Waals surface area contributed by atoms with Gasteiger partial charge in [0.1, 0.15) is 5.75 Å². The number of carbonyl (C=O) groups is 1. The number of ether oxygens (including phenoxy) is 1. The summed E-state index contributed by atoms with van der Waals surface area (Å²) in [5, 5.41) is 4.12. The summed E-state index contributed by atoms with van der Waals surface area (Å²) < 4.78 is 5.73. The van der Waals surface area contributed by atoms with Crippen molar-refractivity contribution in [2.24, 2.45) is 5.92 Å². The molecule has 0 aliphatic carbocycles. The van der Waals surface area contributed by atoms with E-state index in [4.69, 9.17) is 16.3 Å². The number of fused-ring (bicyclic) bond motifs is 1. The van der Waals surface area contributed by atoms with Gasteiger partial charge in [-0.2, -0.15) is 0 Å². The van der Waals surface area contributed by atoms with Crippen molar-refractivity contribution in [2.75, 3.05) is 19.6 Å². The van der Waals surface area contributed by atoms with E-state index in [1.165, 1.54) is 12.8 Å². The van der Waals surface area contributed by atoms with E-state index in [0.717, 1.165) is 19.6 Å². The van der Waals surface area contributed by atoms with Gasteiger partial charge in [-0.15, -0.1) is 0 Å². The maximum absolute atomic E-state index is 12.5. The minimum absolute atomic E-state index is 0.0613. The lowest BCUT2D eigenvalue weighted by molar-refractivity contribution is -0.137. The molecule has 3 unspecified atom stereocenters. The first-order valence-corrected chi connectivity index (χ1v) is 7.95. The molecule has 2 fully saturated rings. The molecule has 1 aromatic rings. The number of halogens is 1. The van der Waals surface area contributed by atoms with Crippen LogP contribution >= 0.6 is 11.6 Å². The SMILES string of the molecule is CC(Oc1cccc(Cl)c1)C(=O)N1CC2CCCNC2C1. The summed E-state index contributed by atoms with van der Waals surface area (Å²) in [5.74, 6) is 1.30. The highest BCUT2D eigenvalue weighted by atomic mass is 35.5. The molecule has 0 spiro atoms. The molecule has 0 bridgehead atoms. The van der Waals surface area contributed by atoms with Gasteiger partial charge < -0.3 is 15.0 Å². The number of piperidine rings is 1. The highest BCUT2D eigenvalue weighted by molar-refractivity contribution is 6.30. The second kappa shape index (κ2) is 6.24. The van der Waals surface area contributed by atoms with Crippen molar-refractivity contribution >= 4 is 17.5 Å². The number of carbonyl (C=O) groups excluding carboxylic acids is 1. The Labute approximate surface area is 130 Å². The highest BCUT2D eigenvalue weighted by Gasteiger charge is 2.37. The highest BCUT2D eigenvalue weighted by Crippen LogP contribution is 2.26. The van der Waals surface area contributed by atoms with Gasteiger partial charge in [0.2, 0.25) is 0 Å². The van der Waals surface area contributed by atoms with Crippen LogP contribution in [0.25, 0.3) is 0 Å². The zero-order chi connectivity index (χ0) is 14.8. The maximum atomic E-state index is 12.5. The fourth-order valence-electron chi connectivity index (χ4n) is 3.28. The third-order valence-electron chi connectivity index (χ3n) is 4.37. The molecule has 2 heterocycles. The second-order valence-corrected chi connectivity index (χ2v) is 6.36. The van der Waals surface area contributed by atoms with E-state index in [-0.39, 0.29) is 5.91 Å². The van der Waals surface area contributed by atoms with Crippen LogP contribution in [0.4, 0.5) is 0 Å². The molecule has 0 saturated carbocycles. The van der Waals surface area contributed by atoms with Crippen LogP contribution < -0.4 is 10.1 Å². The number of hydrogen-bond donors (Lipinski definition) is 1. The number of nitrogens with one attached hydrogen (secondary N) is 1. The van der Waals surface area contributed by atoms with E-state index in [2.05, 4.69) is 5.32 Å². The third kappa shape index (κ3) is 3.33. The molecule has 5 heteroatoms. The normalized spacial score (nSPS) is 26.3. The molecule has 2 saturated heterocycles. The van der Waals surface area contributed by atoms with Gasteiger partial charge in [0.15, 0.2) is 6.10 Å². The molecule has 114 valence electrons. The summed E-state index contributed by atoms with van der Waals surface area (Å²) in [4.78, 5) is 14.5. The Morgan fingerprint density at radius 2 is 2.33 bits per heavy atom. The van der Waals surface area contributed by atoms with Crippen molar-refractivity contribution in [3.8, 4) is 5.75 Å². The molecular weight excluding hydrogens is 288 g/mol. The average molecular weight is 309 g/mol. The van der Waals surface area contributed by atoms with E-state index >= 15 is 0 Å². The van der Waals surface area contributed by atoms with Crippen LogP contribution in [-0.4, -0.2) is 42.6 Å². The van der Waals surface area contributed by atoms with Crippen LogP contribution in [0.1, 0.15) is 19.8 Å². The lowest BCUT2D eigenvalue weighted by Gasteiger charge is -2.24. The van der Waals surface area contributed by atoms with E-state index in [9.17, 15) is 4.79 Å². The molecular formula is C16H21ClN2O2. The van der Waals surface area contributed by atoms with Crippen molar-refractivity contribution in [2.45, 2.75) is 31.9 Å². The first-order valence-electron chi connectivity index (χ1n) is 7.58. The van der Waals surface area contributed by atoms with Gasteiger partial charge in [-0.3, -0.25) is 4.79 Å². The van der Waals surface area contributed by atoms with Crippen molar-refractivity contribution in [3.63, 3.8) is 0 Å². The van der Waals surface area contributed by atoms with Gasteiger partial charge in [0.05, 0.1) is 0 Å². The molecule has 21 heavy (non-hydrogen) atoms. The van der Waals surface area contributed by atoms with E-state index in [0.29, 0.717) is 22.7 Å². The van der Waals surface area contributed by atoms with Crippen LogP contribution in [-0.2, 0) is 4.79 Å². The molecule has 1 N–H and O–H groups in total. The minimum Gasteiger partial charge on any atom is -0.481 e. The molecule has 0 aromatic heterocycles. The molecule has 2 aliphatic heterocycles. The lowest BCUT2D eigenvalue weighted by Crippen LogP contribution is -2.42. The summed E-state index contributed by atoms with van der Waals surface area (Å²) >= 11 is 5.93. The van der Waals surface area contributed by atoms with E-state index in [1.54, 1.807) is 19.1 Å². The Bertz CT molecular complexity index is 509. The van der Waals surface area contributed by atoms with Crippen molar-refractivity contribution in [3.05, 3.63) is 29.3 Å². The monoisotopic (exact) mass is 308 g/mol. The summed E-state index contributed by atoms with van der Waals surface area (Å²) in [6, 6.07) is 7.62. The topological polar surface area (TPSA) is 41.6 Å². The van der Waals surface area contributed by atoms with Crippen molar-refractivity contribution in [1.82, 2.24) is 10.2 Å². The number of amides is 1. The minimum atomic E-state index is -0.483. The third-order valence-corrected chi connectivity index (χ3v) is 4.60. The molecule has 2 aliphatic rings. The van der Waals surface area contributed by atoms with Gasteiger partial charge in [0, 0.05) is 24.2 Å². The van der Waals surface area contributed by atoms with Crippen molar-refractivity contribution in [1.29, 1.82) is 0 Å². The fraction of sp³-hybridized carbons (Fsp3) is 0.562. The van der Waals surface area contributed by atoms with Gasteiger partial charge >= 0.3 is 0 Å². The Morgan fingerprint density at radius 3 is 3.10 bits per heavy atom. The number of likely N-dealkylation sites (tertiary alicyclic amines) is 1. The number of benzene rings is 1. The zero-order valence-corrected chi connectivity index (χ0v) is 13.0. The molecule has 3 rings (SSSR count). The quantitative estimate of drug-likeness (QED) is 0.932. The van der Waals surface area contributed by atoms with Gasteiger partial charge in [-0.1, -0.05) is 17.7 Å². The van der Waals surface area contributed by atoms with E-state index < -0.39 is 6.10 Å². The predicted octanol–water partition coefficient (Wildman–Crippen LogP) is 2.32. The number of nitrogens with zero attached hydrogens (tertiary/aromatic N) is 1. The first-order chi connectivity index (χ1) is 10.1. The smallest absolute Gasteiger partial charge is 0.263 e. The molecule has 1 aromatic carbocycles. The van der Waals surface area contributed by atoms with Crippen LogP contribution in [0.2, 0.25) is 5.02 Å². The Balaban J connectivity index is 1.60. The van der Waals surface area contributed by atoms with E-state index in [1.807, 2.05) is 17.0 Å². The Kier molecular flexibility index (Phi) is 4.36. The molecule has 3 atom stereocenters. The first kappa shape index (κ1) is 14.7. The number of rotatable bonds is 3. The van der Waals surface area contributed by atoms with Crippen LogP contribution in [0.3, 0.4) is 0 Å². The number of hydrogen-bond acceptors (Lipinski definition) is 3. The van der Waals surface area contributed by atoms with Crippen LogP contribution in [0.5, 0.6) is 5.75 Å². The van der Waals surface area contributed by atoms with Gasteiger partial charge in [-0.05, 0) is 50.4 Å². The standard InChI is InChI=1S/C16H21ClN2O2/c1-11(21-14-6-2-5-13(17)8-14)16(20)19-9-12-4-3-7-18-15(12)10-19/h2,5-6,8,11-12,15,18H,3-4,7,9-10H2,1H3. The maximum Gasteiger partial charge on any atom is 0.263 e. The lowest BCUT2D eigenvalue weighted by atomic mass is 9.94. The zero-order valence-electron chi connectivity index (χ0n) is 12.2. The van der Waals surface area contributed by atoms with Gasteiger partial charge in [0.25, 0.3) is 5.91 Å². The molecule has 4 nitrogen and oxygen atoms in total. The Hall–Kier alpha value is -1.26. The Morgan fingerprint density at radius 1 is 1.48 bits per heavy atom. The van der Waals surface area contributed by atoms with Crippen LogP contribution in [0, 0.1) is 5.92 Å². The molecule has 1 amide bonds. The average Bonchev–Trinajstić information content (AvgIpc) is 2.90. The largest absolute Gasteiger partial charge is 0.481 e. The van der Waals surface area contributed by atoms with Crippen molar-refractivity contribution < 1.29 is 9.53 Å². The summed E-state index contributed by atoms with van der Waals surface area (Å²) in [5.41, 5.74) is 0. The van der Waals surface area contributed by atoms with Gasteiger partial charge in [-0.25, -0.2) is 0 Å². The summed E-state index contributed by atoms with van der Waals surface area (Å²) in [6.07, 6.45) is 1.94. The fourth-order valence-corrected chi connectivity index (χ4v) is 3.46. The summed E-state index contributed by atoms with van der Waals surface area (Å²) in [6.45, 7) is 4.52. The van der Waals surface area contributed by atoms with Crippen LogP contribution in [0.15, 0.2) is 24.3 Å².